The lowest BCUT2D eigenvalue weighted by Crippen LogP contribution is -2.08. The zero-order valence-corrected chi connectivity index (χ0v) is 11.5. The van der Waals surface area contributed by atoms with Gasteiger partial charge in [0.15, 0.2) is 5.13 Å². The zero-order chi connectivity index (χ0) is 13.4. The molecule has 2 aromatic heterocycles. The first-order valence-corrected chi connectivity index (χ1v) is 6.94. The molecule has 1 aromatic carbocycles. The number of benzene rings is 1. The monoisotopic (exact) mass is 274 g/mol. The van der Waals surface area contributed by atoms with Crippen molar-refractivity contribution in [1.29, 1.82) is 0 Å². The van der Waals surface area contributed by atoms with E-state index < -0.39 is 0 Å². The van der Waals surface area contributed by atoms with Crippen LogP contribution in [0.1, 0.15) is 13.8 Å². The summed E-state index contributed by atoms with van der Waals surface area (Å²) in [5, 5.41) is 6.20. The van der Waals surface area contributed by atoms with Gasteiger partial charge in [0.1, 0.15) is 0 Å². The van der Waals surface area contributed by atoms with Crippen molar-refractivity contribution in [3.8, 4) is 11.3 Å². The average molecular weight is 274 g/mol. The maximum Gasteiger partial charge on any atom is 0.323 e. The normalized spacial score (nSPS) is 11.3. The molecule has 0 saturated heterocycles. The van der Waals surface area contributed by atoms with Crippen molar-refractivity contribution in [2.24, 2.45) is 0 Å². The number of nitrogens with zero attached hydrogens (tertiary/aromatic N) is 1. The summed E-state index contributed by atoms with van der Waals surface area (Å²) in [5.41, 5.74) is 3.33. The molecule has 6 heteroatoms. The Balaban J connectivity index is 1.98. The fourth-order valence-corrected chi connectivity index (χ4v) is 2.78. The number of rotatable bonds is 3. The molecule has 3 rings (SSSR count). The molecule has 0 aliphatic rings. The Morgan fingerprint density at radius 3 is 2.84 bits per heavy atom. The van der Waals surface area contributed by atoms with E-state index in [1.165, 1.54) is 0 Å². The maximum atomic E-state index is 11.2. The third-order valence-electron chi connectivity index (χ3n) is 2.73. The minimum Gasteiger partial charge on any atom is -0.359 e. The molecule has 0 fully saturated rings. The number of hydrogen-bond acceptors (Lipinski definition) is 4. The highest BCUT2D eigenvalue weighted by molar-refractivity contribution is 7.14. The number of nitrogens with one attached hydrogen (secondary N) is 3. The van der Waals surface area contributed by atoms with Crippen LogP contribution >= 0.6 is 11.3 Å². The predicted molar refractivity (Wildman–Crippen MR) is 78.8 cm³/mol. The van der Waals surface area contributed by atoms with Gasteiger partial charge in [0.2, 0.25) is 0 Å². The Hall–Kier alpha value is -2.08. The van der Waals surface area contributed by atoms with Gasteiger partial charge in [-0.3, -0.25) is 0 Å². The van der Waals surface area contributed by atoms with Gasteiger partial charge in [-0.25, -0.2) is 9.78 Å². The molecule has 5 nitrogen and oxygen atoms in total. The highest BCUT2D eigenvalue weighted by atomic mass is 32.1. The summed E-state index contributed by atoms with van der Waals surface area (Å²) in [6, 6.07) is 6.14. The van der Waals surface area contributed by atoms with Crippen LogP contribution in [0.2, 0.25) is 0 Å². The van der Waals surface area contributed by atoms with Gasteiger partial charge in [-0.05, 0) is 26.0 Å². The summed E-state index contributed by atoms with van der Waals surface area (Å²) in [6.45, 7) is 4.16. The van der Waals surface area contributed by atoms with Crippen molar-refractivity contribution in [2.45, 2.75) is 19.9 Å². The fraction of sp³-hybridized carbons (Fsp3) is 0.231. The lowest BCUT2D eigenvalue weighted by molar-refractivity contribution is 0.897. The van der Waals surface area contributed by atoms with Gasteiger partial charge < -0.3 is 15.3 Å². The first-order chi connectivity index (χ1) is 9.11. The van der Waals surface area contributed by atoms with E-state index in [1.54, 1.807) is 11.3 Å². The molecule has 98 valence electrons. The van der Waals surface area contributed by atoms with Gasteiger partial charge >= 0.3 is 5.69 Å². The van der Waals surface area contributed by atoms with E-state index >= 15 is 0 Å². The minimum atomic E-state index is -0.187. The predicted octanol–water partition coefficient (Wildman–Crippen LogP) is 2.80. The van der Waals surface area contributed by atoms with Crippen LogP contribution in [0.15, 0.2) is 28.4 Å². The van der Waals surface area contributed by atoms with Gasteiger partial charge in [0, 0.05) is 17.0 Å². The van der Waals surface area contributed by atoms with Crippen LogP contribution in [0.3, 0.4) is 0 Å². The number of hydrogen-bond donors (Lipinski definition) is 3. The van der Waals surface area contributed by atoms with E-state index in [-0.39, 0.29) is 5.69 Å². The molecule has 3 aromatic rings. The van der Waals surface area contributed by atoms with E-state index in [0.717, 1.165) is 27.4 Å². The van der Waals surface area contributed by atoms with Gasteiger partial charge in [0.25, 0.3) is 0 Å². The smallest absolute Gasteiger partial charge is 0.323 e. The number of fused-ring (bicyclic) bond motifs is 1. The second kappa shape index (κ2) is 4.55. The van der Waals surface area contributed by atoms with Gasteiger partial charge in [-0.15, -0.1) is 11.3 Å². The van der Waals surface area contributed by atoms with Crippen molar-refractivity contribution >= 4 is 27.5 Å². The lowest BCUT2D eigenvalue weighted by Gasteiger charge is -2.04. The zero-order valence-electron chi connectivity index (χ0n) is 10.7. The number of aromatic amines is 2. The van der Waals surface area contributed by atoms with Crippen LogP contribution in [0.25, 0.3) is 22.3 Å². The average Bonchev–Trinajstić information content (AvgIpc) is 2.92. The van der Waals surface area contributed by atoms with Crippen molar-refractivity contribution < 1.29 is 0 Å². The molecule has 0 saturated carbocycles. The van der Waals surface area contributed by atoms with Crippen molar-refractivity contribution in [3.63, 3.8) is 0 Å². The molecule has 0 bridgehead atoms. The largest absolute Gasteiger partial charge is 0.359 e. The molecule has 19 heavy (non-hydrogen) atoms. The molecule has 0 unspecified atom stereocenters. The number of anilines is 1. The topological polar surface area (TPSA) is 73.6 Å². The number of thiazole rings is 1. The molecular formula is C13H14N4OS. The van der Waals surface area contributed by atoms with E-state index in [2.05, 4.69) is 34.1 Å². The highest BCUT2D eigenvalue weighted by Gasteiger charge is 2.07. The number of H-pyrrole nitrogens is 2. The van der Waals surface area contributed by atoms with Crippen molar-refractivity contribution in [1.82, 2.24) is 15.0 Å². The van der Waals surface area contributed by atoms with Gasteiger partial charge in [-0.2, -0.15) is 0 Å². The van der Waals surface area contributed by atoms with Crippen molar-refractivity contribution in [2.75, 3.05) is 5.32 Å². The summed E-state index contributed by atoms with van der Waals surface area (Å²) < 4.78 is 0. The molecule has 0 atom stereocenters. The maximum absolute atomic E-state index is 11.2. The van der Waals surface area contributed by atoms with Gasteiger partial charge in [-0.1, -0.05) is 6.07 Å². The molecule has 0 radical (unpaired) electrons. The van der Waals surface area contributed by atoms with Crippen LogP contribution in [-0.2, 0) is 0 Å². The Bertz CT molecular complexity index is 768. The van der Waals surface area contributed by atoms with Gasteiger partial charge in [0.05, 0.1) is 16.7 Å². The summed E-state index contributed by atoms with van der Waals surface area (Å²) >= 11 is 1.58. The van der Waals surface area contributed by atoms with Crippen LogP contribution in [-0.4, -0.2) is 21.0 Å². The Morgan fingerprint density at radius 2 is 2.05 bits per heavy atom. The van der Waals surface area contributed by atoms with E-state index in [4.69, 9.17) is 0 Å². The molecule has 0 amide bonds. The Kier molecular flexibility index (Phi) is 2.87. The fourth-order valence-electron chi connectivity index (χ4n) is 1.91. The number of imidazole rings is 1. The second-order valence-corrected chi connectivity index (χ2v) is 5.53. The summed E-state index contributed by atoms with van der Waals surface area (Å²) in [4.78, 5) is 21.3. The molecular weight excluding hydrogens is 260 g/mol. The van der Waals surface area contributed by atoms with Crippen LogP contribution in [0.4, 0.5) is 5.13 Å². The lowest BCUT2D eigenvalue weighted by atomic mass is 10.1. The number of aromatic nitrogens is 3. The molecule has 0 spiro atoms. The summed E-state index contributed by atoms with van der Waals surface area (Å²) in [5.74, 6) is 0. The summed E-state index contributed by atoms with van der Waals surface area (Å²) in [6.07, 6.45) is 0. The third-order valence-corrected chi connectivity index (χ3v) is 3.50. The van der Waals surface area contributed by atoms with E-state index in [9.17, 15) is 4.79 Å². The van der Waals surface area contributed by atoms with Crippen LogP contribution in [0.5, 0.6) is 0 Å². The first kappa shape index (κ1) is 12.0. The molecule has 0 aliphatic carbocycles. The highest BCUT2D eigenvalue weighted by Crippen LogP contribution is 2.26. The van der Waals surface area contributed by atoms with Crippen LogP contribution in [0, 0.1) is 0 Å². The Morgan fingerprint density at radius 1 is 1.26 bits per heavy atom. The SMILES string of the molecule is CC(C)Nc1nc(-c2ccc3[nH]c(=O)[nH]c3c2)cs1. The molecule has 3 N–H and O–H groups in total. The standard InChI is InChI=1S/C13H14N4OS/c1-7(2)14-13-17-11(6-19-13)8-3-4-9-10(5-8)16-12(18)15-9/h3-7H,1-2H3,(H,14,17)(H2,15,16,18). The molecule has 0 aliphatic heterocycles. The first-order valence-electron chi connectivity index (χ1n) is 6.06. The van der Waals surface area contributed by atoms with Crippen molar-refractivity contribution in [3.05, 3.63) is 34.1 Å². The Labute approximate surface area is 113 Å². The van der Waals surface area contributed by atoms with E-state index in [0.29, 0.717) is 6.04 Å². The third kappa shape index (κ3) is 2.39. The minimum absolute atomic E-state index is 0.187. The van der Waals surface area contributed by atoms with E-state index in [1.807, 2.05) is 23.6 Å². The second-order valence-electron chi connectivity index (χ2n) is 4.68. The summed E-state index contributed by atoms with van der Waals surface area (Å²) in [7, 11) is 0. The quantitative estimate of drug-likeness (QED) is 0.687. The molecule has 2 heterocycles. The van der Waals surface area contributed by atoms with Crippen LogP contribution < -0.4 is 11.0 Å².